The molecule has 0 aliphatic heterocycles. The summed E-state index contributed by atoms with van der Waals surface area (Å²) in [5.41, 5.74) is 4.47. The van der Waals surface area contributed by atoms with E-state index in [4.69, 9.17) is 0 Å². The highest BCUT2D eigenvalue weighted by Gasteiger charge is 1.95. The van der Waals surface area contributed by atoms with Crippen LogP contribution >= 0.6 is 0 Å². The Morgan fingerprint density at radius 3 is 2.00 bits per heavy atom. The highest BCUT2D eigenvalue weighted by Crippen LogP contribution is 2.15. The van der Waals surface area contributed by atoms with E-state index in [0.717, 1.165) is 12.3 Å². The second-order valence-corrected chi connectivity index (χ2v) is 4.64. The highest BCUT2D eigenvalue weighted by molar-refractivity contribution is 5.16. The molecule has 0 spiro atoms. The number of hydrogen-bond acceptors (Lipinski definition) is 0. The summed E-state index contributed by atoms with van der Waals surface area (Å²) in [6, 6.07) is 0. The molecule has 0 heteroatoms. The molecule has 0 fully saturated rings. The molecule has 0 unspecified atom stereocenters. The molecular formula is C13H24. The molecule has 0 atom stereocenters. The van der Waals surface area contributed by atoms with Crippen molar-refractivity contribution in [2.75, 3.05) is 0 Å². The average molecular weight is 180 g/mol. The van der Waals surface area contributed by atoms with E-state index in [0.29, 0.717) is 0 Å². The van der Waals surface area contributed by atoms with Crippen LogP contribution in [0.2, 0.25) is 0 Å². The maximum absolute atomic E-state index is 2.37. The van der Waals surface area contributed by atoms with Gasteiger partial charge in [-0.25, -0.2) is 0 Å². The summed E-state index contributed by atoms with van der Waals surface area (Å²) in [6.45, 7) is 13.3. The first-order chi connectivity index (χ1) is 5.93. The van der Waals surface area contributed by atoms with Crippen LogP contribution in [0.25, 0.3) is 0 Å². The maximum atomic E-state index is 2.37. The third-order valence-corrected chi connectivity index (χ3v) is 2.34. The van der Waals surface area contributed by atoms with Gasteiger partial charge in [0.05, 0.1) is 0 Å². The maximum Gasteiger partial charge on any atom is -0.0112 e. The Morgan fingerprint density at radius 2 is 1.62 bits per heavy atom. The predicted octanol–water partition coefficient (Wildman–Crippen LogP) is 4.73. The predicted molar refractivity (Wildman–Crippen MR) is 61.9 cm³/mol. The SMILES string of the molecule is CC(C)=C(C)C/C(C)=C\CC(C)C. The van der Waals surface area contributed by atoms with E-state index in [1.54, 1.807) is 0 Å². The monoisotopic (exact) mass is 180 g/mol. The van der Waals surface area contributed by atoms with Crippen molar-refractivity contribution in [3.05, 3.63) is 22.8 Å². The fraction of sp³-hybridized carbons (Fsp3) is 0.692. The number of hydrogen-bond donors (Lipinski definition) is 0. The Bertz CT molecular complexity index is 200. The third kappa shape index (κ3) is 6.62. The Balaban J connectivity index is 4.07. The van der Waals surface area contributed by atoms with Crippen LogP contribution in [0, 0.1) is 5.92 Å². The summed E-state index contributed by atoms with van der Waals surface area (Å²) in [5.74, 6) is 0.780. The van der Waals surface area contributed by atoms with Crippen molar-refractivity contribution in [1.29, 1.82) is 0 Å². The van der Waals surface area contributed by atoms with E-state index >= 15 is 0 Å². The minimum absolute atomic E-state index is 0.780. The lowest BCUT2D eigenvalue weighted by atomic mass is 10.0. The van der Waals surface area contributed by atoms with Gasteiger partial charge in [0.15, 0.2) is 0 Å². The molecule has 0 saturated carbocycles. The van der Waals surface area contributed by atoms with Crippen LogP contribution in [0.15, 0.2) is 22.8 Å². The summed E-state index contributed by atoms with van der Waals surface area (Å²) >= 11 is 0. The van der Waals surface area contributed by atoms with E-state index < -0.39 is 0 Å². The Hall–Kier alpha value is -0.520. The molecule has 0 aliphatic rings. The summed E-state index contributed by atoms with van der Waals surface area (Å²) in [7, 11) is 0. The first kappa shape index (κ1) is 12.5. The fourth-order valence-corrected chi connectivity index (χ4v) is 1.10. The molecule has 0 nitrogen and oxygen atoms in total. The van der Waals surface area contributed by atoms with E-state index in [1.807, 2.05) is 0 Å². The van der Waals surface area contributed by atoms with Gasteiger partial charge >= 0.3 is 0 Å². The van der Waals surface area contributed by atoms with Crippen molar-refractivity contribution >= 4 is 0 Å². The van der Waals surface area contributed by atoms with Crippen LogP contribution in [0.3, 0.4) is 0 Å². The van der Waals surface area contributed by atoms with Crippen molar-refractivity contribution < 1.29 is 0 Å². The van der Waals surface area contributed by atoms with Crippen LogP contribution < -0.4 is 0 Å². The van der Waals surface area contributed by atoms with Gasteiger partial charge < -0.3 is 0 Å². The smallest absolute Gasteiger partial charge is 0.0112 e. The quantitative estimate of drug-likeness (QED) is 0.549. The molecule has 0 amide bonds. The second kappa shape index (κ2) is 6.01. The molecular weight excluding hydrogens is 156 g/mol. The van der Waals surface area contributed by atoms with Gasteiger partial charge in [-0.2, -0.15) is 0 Å². The van der Waals surface area contributed by atoms with Crippen LogP contribution in [0.1, 0.15) is 54.4 Å². The minimum Gasteiger partial charge on any atom is -0.0850 e. The van der Waals surface area contributed by atoms with Gasteiger partial charge in [-0.3, -0.25) is 0 Å². The molecule has 0 aliphatic carbocycles. The van der Waals surface area contributed by atoms with E-state index in [9.17, 15) is 0 Å². The number of allylic oxidation sites excluding steroid dienone is 4. The van der Waals surface area contributed by atoms with Gasteiger partial charge in [-0.05, 0) is 46.5 Å². The van der Waals surface area contributed by atoms with Crippen molar-refractivity contribution in [2.24, 2.45) is 5.92 Å². The largest absolute Gasteiger partial charge is 0.0850 e. The highest BCUT2D eigenvalue weighted by atomic mass is 14.0. The lowest BCUT2D eigenvalue weighted by molar-refractivity contribution is 0.660. The molecule has 13 heavy (non-hydrogen) atoms. The van der Waals surface area contributed by atoms with Crippen molar-refractivity contribution in [3.63, 3.8) is 0 Å². The van der Waals surface area contributed by atoms with Gasteiger partial charge in [0.25, 0.3) is 0 Å². The molecule has 0 saturated heterocycles. The van der Waals surface area contributed by atoms with E-state index in [1.165, 1.54) is 23.1 Å². The molecule has 0 heterocycles. The molecule has 76 valence electrons. The molecule has 0 aromatic carbocycles. The van der Waals surface area contributed by atoms with Crippen LogP contribution in [-0.2, 0) is 0 Å². The van der Waals surface area contributed by atoms with Crippen LogP contribution in [-0.4, -0.2) is 0 Å². The zero-order valence-corrected chi connectivity index (χ0v) is 10.1. The standard InChI is InChI=1S/C13H24/c1-10(2)7-8-12(5)9-13(6)11(3)4/h8,10H,7,9H2,1-6H3/b12-8-. The zero-order chi connectivity index (χ0) is 10.4. The average Bonchev–Trinajstić information content (AvgIpc) is 2.00. The normalized spacial score (nSPS) is 12.1. The lowest BCUT2D eigenvalue weighted by Gasteiger charge is -2.05. The number of rotatable bonds is 4. The Labute approximate surface area is 83.7 Å². The van der Waals surface area contributed by atoms with Crippen molar-refractivity contribution in [3.8, 4) is 0 Å². The molecule has 0 N–H and O–H groups in total. The zero-order valence-electron chi connectivity index (χ0n) is 10.1. The van der Waals surface area contributed by atoms with Crippen LogP contribution in [0.5, 0.6) is 0 Å². The summed E-state index contributed by atoms with van der Waals surface area (Å²) in [5, 5.41) is 0. The van der Waals surface area contributed by atoms with Gasteiger partial charge in [0.2, 0.25) is 0 Å². The topological polar surface area (TPSA) is 0 Å². The Morgan fingerprint density at radius 1 is 1.08 bits per heavy atom. The summed E-state index contributed by atoms with van der Waals surface area (Å²) in [4.78, 5) is 0. The fourth-order valence-electron chi connectivity index (χ4n) is 1.10. The Kier molecular flexibility index (Phi) is 5.77. The van der Waals surface area contributed by atoms with Gasteiger partial charge in [0, 0.05) is 0 Å². The molecule has 0 radical (unpaired) electrons. The van der Waals surface area contributed by atoms with Gasteiger partial charge in [0.1, 0.15) is 0 Å². The minimum atomic E-state index is 0.780. The van der Waals surface area contributed by atoms with Crippen LogP contribution in [0.4, 0.5) is 0 Å². The van der Waals surface area contributed by atoms with Gasteiger partial charge in [-0.1, -0.05) is 36.6 Å². The molecule has 0 aromatic heterocycles. The summed E-state index contributed by atoms with van der Waals surface area (Å²) < 4.78 is 0. The van der Waals surface area contributed by atoms with Crippen molar-refractivity contribution in [1.82, 2.24) is 0 Å². The first-order valence-electron chi connectivity index (χ1n) is 5.22. The van der Waals surface area contributed by atoms with Gasteiger partial charge in [-0.15, -0.1) is 0 Å². The van der Waals surface area contributed by atoms with E-state index in [-0.39, 0.29) is 0 Å². The molecule has 0 aromatic rings. The molecule has 0 bridgehead atoms. The first-order valence-corrected chi connectivity index (χ1v) is 5.22. The second-order valence-electron chi connectivity index (χ2n) is 4.64. The van der Waals surface area contributed by atoms with Crippen molar-refractivity contribution in [2.45, 2.75) is 54.4 Å². The van der Waals surface area contributed by atoms with E-state index in [2.05, 4.69) is 47.6 Å². The third-order valence-electron chi connectivity index (χ3n) is 2.34. The molecule has 0 rings (SSSR count). The lowest BCUT2D eigenvalue weighted by Crippen LogP contribution is -1.87. The summed E-state index contributed by atoms with van der Waals surface area (Å²) in [6.07, 6.45) is 4.73.